The lowest BCUT2D eigenvalue weighted by Crippen LogP contribution is -2.27. The molecular weight excluding hydrogens is 387 g/mol. The van der Waals surface area contributed by atoms with E-state index in [1.165, 1.54) is 18.2 Å². The van der Waals surface area contributed by atoms with Crippen LogP contribution in [-0.2, 0) is 4.74 Å². The van der Waals surface area contributed by atoms with Gasteiger partial charge in [0.15, 0.2) is 0 Å². The molecule has 8 heteroatoms. The van der Waals surface area contributed by atoms with Crippen molar-refractivity contribution < 1.29 is 14.3 Å². The minimum absolute atomic E-state index is 0.224. The Labute approximate surface area is 160 Å². The molecule has 0 heterocycles. The molecule has 132 valence electrons. The number of hydrogen-bond donors (Lipinski definition) is 2. The summed E-state index contributed by atoms with van der Waals surface area (Å²) in [6, 6.07) is 9.20. The highest BCUT2D eigenvalue weighted by atomic mass is 35.5. The van der Waals surface area contributed by atoms with Crippen LogP contribution in [0.15, 0.2) is 36.4 Å². The van der Waals surface area contributed by atoms with Crippen molar-refractivity contribution in [3.8, 4) is 0 Å². The molecule has 0 unspecified atom stereocenters. The number of methoxy groups -OCH3 is 1. The lowest BCUT2D eigenvalue weighted by Gasteiger charge is -2.10. The zero-order chi connectivity index (χ0) is 18.4. The van der Waals surface area contributed by atoms with Crippen LogP contribution in [0.2, 0.25) is 15.1 Å². The topological polar surface area (TPSA) is 67.4 Å². The Kier molecular flexibility index (Phi) is 7.08. The number of hydrogen-bond acceptors (Lipinski definition) is 3. The second kappa shape index (κ2) is 9.06. The normalized spacial score (nSPS) is 10.4. The van der Waals surface area contributed by atoms with Gasteiger partial charge in [0.05, 0.1) is 27.2 Å². The summed E-state index contributed by atoms with van der Waals surface area (Å²) < 4.78 is 4.87. The van der Waals surface area contributed by atoms with E-state index < -0.39 is 0 Å². The predicted octanol–water partition coefficient (Wildman–Crippen LogP) is 4.28. The molecule has 0 spiro atoms. The molecule has 0 saturated heterocycles. The van der Waals surface area contributed by atoms with Crippen LogP contribution in [0.5, 0.6) is 0 Å². The van der Waals surface area contributed by atoms with Crippen molar-refractivity contribution in [1.29, 1.82) is 0 Å². The molecule has 25 heavy (non-hydrogen) atoms. The van der Waals surface area contributed by atoms with Crippen LogP contribution in [0.4, 0.5) is 5.69 Å². The number of halogens is 3. The van der Waals surface area contributed by atoms with Gasteiger partial charge in [-0.05, 0) is 36.4 Å². The van der Waals surface area contributed by atoms with Crippen LogP contribution < -0.4 is 10.6 Å². The molecule has 2 aromatic rings. The fourth-order valence-electron chi connectivity index (χ4n) is 1.98. The van der Waals surface area contributed by atoms with Gasteiger partial charge < -0.3 is 15.4 Å². The number of anilines is 1. The monoisotopic (exact) mass is 400 g/mol. The van der Waals surface area contributed by atoms with Gasteiger partial charge >= 0.3 is 0 Å². The highest BCUT2D eigenvalue weighted by Gasteiger charge is 2.13. The second-order valence-electron chi connectivity index (χ2n) is 5.03. The zero-order valence-electron chi connectivity index (χ0n) is 13.2. The van der Waals surface area contributed by atoms with E-state index >= 15 is 0 Å². The zero-order valence-corrected chi connectivity index (χ0v) is 15.5. The van der Waals surface area contributed by atoms with Crippen LogP contribution in [-0.4, -0.2) is 32.1 Å². The summed E-state index contributed by atoms with van der Waals surface area (Å²) in [5, 5.41) is 6.24. The predicted molar refractivity (Wildman–Crippen MR) is 100 cm³/mol. The van der Waals surface area contributed by atoms with E-state index in [0.717, 1.165) is 0 Å². The van der Waals surface area contributed by atoms with Gasteiger partial charge in [0.1, 0.15) is 0 Å². The quantitative estimate of drug-likeness (QED) is 0.710. The maximum Gasteiger partial charge on any atom is 0.255 e. The Morgan fingerprint density at radius 2 is 1.72 bits per heavy atom. The Morgan fingerprint density at radius 1 is 0.960 bits per heavy atom. The first-order valence-electron chi connectivity index (χ1n) is 7.25. The number of nitrogens with one attached hydrogen (secondary N) is 2. The molecular formula is C17H15Cl3N2O3. The molecule has 0 aliphatic rings. The molecule has 2 N–H and O–H groups in total. The maximum absolute atomic E-state index is 12.2. The van der Waals surface area contributed by atoms with E-state index in [1.54, 1.807) is 25.3 Å². The molecule has 0 saturated carbocycles. The van der Waals surface area contributed by atoms with E-state index in [4.69, 9.17) is 39.5 Å². The lowest BCUT2D eigenvalue weighted by atomic mass is 10.1. The third kappa shape index (κ3) is 5.34. The summed E-state index contributed by atoms with van der Waals surface area (Å²) in [6.07, 6.45) is 0. The van der Waals surface area contributed by atoms with Crippen molar-refractivity contribution in [2.24, 2.45) is 0 Å². The number of rotatable bonds is 6. The average Bonchev–Trinajstić information content (AvgIpc) is 2.57. The first-order chi connectivity index (χ1) is 11.9. The SMILES string of the molecule is COCCNC(=O)c1ccc(NC(=O)c2ccc(Cl)c(Cl)c2)cc1Cl. The van der Waals surface area contributed by atoms with Crippen molar-refractivity contribution in [1.82, 2.24) is 5.32 Å². The molecule has 2 rings (SSSR count). The third-order valence-electron chi connectivity index (χ3n) is 3.25. The van der Waals surface area contributed by atoms with Gasteiger partial charge in [-0.15, -0.1) is 0 Å². The van der Waals surface area contributed by atoms with E-state index in [9.17, 15) is 9.59 Å². The first-order valence-corrected chi connectivity index (χ1v) is 8.39. The molecule has 0 bridgehead atoms. The summed E-state index contributed by atoms with van der Waals surface area (Å²) in [5.74, 6) is -0.684. The molecule has 5 nitrogen and oxygen atoms in total. The van der Waals surface area contributed by atoms with Gasteiger partial charge in [0, 0.05) is 24.9 Å². The van der Waals surface area contributed by atoms with Gasteiger partial charge in [-0.2, -0.15) is 0 Å². The van der Waals surface area contributed by atoms with Crippen molar-refractivity contribution in [3.05, 3.63) is 62.6 Å². The maximum atomic E-state index is 12.2. The van der Waals surface area contributed by atoms with Crippen LogP contribution in [0.25, 0.3) is 0 Å². The van der Waals surface area contributed by atoms with E-state index in [1.807, 2.05) is 0 Å². The van der Waals surface area contributed by atoms with Gasteiger partial charge in [0.25, 0.3) is 11.8 Å². The summed E-state index contributed by atoms with van der Waals surface area (Å²) >= 11 is 17.9. The Balaban J connectivity index is 2.08. The number of carbonyl (C=O) groups excluding carboxylic acids is 2. The fourth-order valence-corrected chi connectivity index (χ4v) is 2.54. The van der Waals surface area contributed by atoms with E-state index in [2.05, 4.69) is 10.6 Å². The molecule has 0 aliphatic carbocycles. The van der Waals surface area contributed by atoms with Gasteiger partial charge in [-0.3, -0.25) is 9.59 Å². The molecule has 0 radical (unpaired) electrons. The highest BCUT2D eigenvalue weighted by Crippen LogP contribution is 2.24. The van der Waals surface area contributed by atoms with Gasteiger partial charge in [-0.25, -0.2) is 0 Å². The van der Waals surface area contributed by atoms with Crippen molar-refractivity contribution in [3.63, 3.8) is 0 Å². The summed E-state index contributed by atoms with van der Waals surface area (Å²) in [6.45, 7) is 0.780. The van der Waals surface area contributed by atoms with Gasteiger partial charge in [0.2, 0.25) is 0 Å². The molecule has 0 fully saturated rings. The van der Waals surface area contributed by atoms with Crippen LogP contribution in [0.3, 0.4) is 0 Å². The number of benzene rings is 2. The minimum Gasteiger partial charge on any atom is -0.383 e. The number of carbonyl (C=O) groups is 2. The largest absolute Gasteiger partial charge is 0.383 e. The smallest absolute Gasteiger partial charge is 0.255 e. The fraction of sp³-hybridized carbons (Fsp3) is 0.176. The molecule has 2 aromatic carbocycles. The van der Waals surface area contributed by atoms with E-state index in [-0.39, 0.29) is 21.9 Å². The van der Waals surface area contributed by atoms with Crippen molar-refractivity contribution >= 4 is 52.3 Å². The molecule has 2 amide bonds. The minimum atomic E-state index is -0.369. The standard InChI is InChI=1S/C17H15Cl3N2O3/c1-25-7-6-21-17(24)12-4-3-11(9-14(12)19)22-16(23)10-2-5-13(18)15(20)8-10/h2-5,8-9H,6-7H2,1H3,(H,21,24)(H,22,23). The van der Waals surface area contributed by atoms with Crippen molar-refractivity contribution in [2.45, 2.75) is 0 Å². The second-order valence-corrected chi connectivity index (χ2v) is 6.25. The highest BCUT2D eigenvalue weighted by molar-refractivity contribution is 6.42. The third-order valence-corrected chi connectivity index (χ3v) is 4.30. The Bertz CT molecular complexity index is 797. The molecule has 0 aliphatic heterocycles. The van der Waals surface area contributed by atoms with Crippen LogP contribution in [0.1, 0.15) is 20.7 Å². The summed E-state index contributed by atoms with van der Waals surface area (Å²) in [4.78, 5) is 24.2. The summed E-state index contributed by atoms with van der Waals surface area (Å²) in [5.41, 5.74) is 1.12. The van der Waals surface area contributed by atoms with E-state index in [0.29, 0.717) is 35.0 Å². The first kappa shape index (κ1) is 19.5. The van der Waals surface area contributed by atoms with Crippen LogP contribution >= 0.6 is 34.8 Å². The van der Waals surface area contributed by atoms with Crippen molar-refractivity contribution in [2.75, 3.05) is 25.6 Å². The Hall–Kier alpha value is -1.79. The number of ether oxygens (including phenoxy) is 1. The Morgan fingerprint density at radius 3 is 2.36 bits per heavy atom. The number of amides is 2. The average molecular weight is 402 g/mol. The molecule has 0 aromatic heterocycles. The molecule has 0 atom stereocenters. The van der Waals surface area contributed by atoms with Crippen LogP contribution in [0, 0.1) is 0 Å². The lowest BCUT2D eigenvalue weighted by molar-refractivity contribution is 0.0937. The summed E-state index contributed by atoms with van der Waals surface area (Å²) in [7, 11) is 1.55. The van der Waals surface area contributed by atoms with Gasteiger partial charge in [-0.1, -0.05) is 34.8 Å².